The van der Waals surface area contributed by atoms with E-state index in [0.29, 0.717) is 26.1 Å². The second-order valence-electron chi connectivity index (χ2n) is 8.69. The lowest BCUT2D eigenvalue weighted by atomic mass is 9.84. The topological polar surface area (TPSA) is 64.7 Å². The van der Waals surface area contributed by atoms with Crippen molar-refractivity contribution in [3.05, 3.63) is 66.0 Å². The molecule has 2 N–H and O–H groups in total. The molecule has 2 aliphatic heterocycles. The number of anilines is 1. The van der Waals surface area contributed by atoms with Crippen molar-refractivity contribution in [3.8, 4) is 0 Å². The van der Waals surface area contributed by atoms with Gasteiger partial charge in [-0.3, -0.25) is 4.79 Å². The van der Waals surface area contributed by atoms with Crippen LogP contribution >= 0.6 is 0 Å². The van der Waals surface area contributed by atoms with Gasteiger partial charge in [0.15, 0.2) is 0 Å². The Morgan fingerprint density at radius 2 is 1.69 bits per heavy atom. The van der Waals surface area contributed by atoms with Crippen LogP contribution in [0.5, 0.6) is 0 Å². The summed E-state index contributed by atoms with van der Waals surface area (Å²) in [5.41, 5.74) is 1.25. The zero-order chi connectivity index (χ0) is 22.3. The van der Waals surface area contributed by atoms with E-state index >= 15 is 0 Å². The zero-order valence-electron chi connectivity index (χ0n) is 18.3. The lowest BCUT2D eigenvalue weighted by Crippen LogP contribution is -2.50. The van der Waals surface area contributed by atoms with E-state index in [2.05, 4.69) is 15.5 Å². The number of nitrogens with zero attached hydrogens (tertiary/aromatic N) is 2. The number of carbonyl (C=O) groups excluding carboxylic acids is 2. The molecule has 2 saturated heterocycles. The van der Waals surface area contributed by atoms with Crippen molar-refractivity contribution in [1.29, 1.82) is 0 Å². The van der Waals surface area contributed by atoms with Crippen molar-refractivity contribution in [2.24, 2.45) is 5.92 Å². The highest BCUT2D eigenvalue weighted by Crippen LogP contribution is 2.31. The Hall–Kier alpha value is -2.93. The minimum atomic E-state index is -0.478. The van der Waals surface area contributed by atoms with Gasteiger partial charge < -0.3 is 20.4 Å². The molecule has 2 heterocycles. The smallest absolute Gasteiger partial charge is 0.321 e. The number of likely N-dealkylation sites (tertiary alicyclic amines) is 2. The van der Waals surface area contributed by atoms with Crippen LogP contribution in [-0.2, 0) is 4.79 Å². The lowest BCUT2D eigenvalue weighted by Gasteiger charge is -2.37. The Bertz CT molecular complexity index is 917. The third-order valence-electron chi connectivity index (χ3n) is 6.42. The Labute approximate surface area is 188 Å². The molecule has 0 bridgehead atoms. The van der Waals surface area contributed by atoms with Crippen molar-refractivity contribution in [2.45, 2.75) is 25.2 Å². The molecule has 6 nitrogen and oxygen atoms in total. The monoisotopic (exact) mass is 438 g/mol. The summed E-state index contributed by atoms with van der Waals surface area (Å²) in [6, 6.07) is 15.7. The van der Waals surface area contributed by atoms with Gasteiger partial charge in [0.2, 0.25) is 5.91 Å². The molecule has 2 aromatic rings. The molecule has 2 fully saturated rings. The highest BCUT2D eigenvalue weighted by molar-refractivity contribution is 5.90. The molecule has 0 aromatic heterocycles. The summed E-state index contributed by atoms with van der Waals surface area (Å²) in [4.78, 5) is 29.9. The summed E-state index contributed by atoms with van der Waals surface area (Å²) in [6.07, 6.45) is 3.13. The average Bonchev–Trinajstić information content (AvgIpc) is 3.34. The number of nitrogens with one attached hydrogen (secondary N) is 2. The van der Waals surface area contributed by atoms with E-state index in [1.807, 2.05) is 30.3 Å². The maximum Gasteiger partial charge on any atom is 0.321 e. The summed E-state index contributed by atoms with van der Waals surface area (Å²) in [5.74, 6) is -0.758. The first-order chi connectivity index (χ1) is 15.6. The van der Waals surface area contributed by atoms with Crippen LogP contribution in [-0.4, -0.2) is 61.0 Å². The van der Waals surface area contributed by atoms with Gasteiger partial charge >= 0.3 is 6.03 Å². The Morgan fingerprint density at radius 3 is 2.44 bits per heavy atom. The van der Waals surface area contributed by atoms with Crippen LogP contribution in [0.2, 0.25) is 0 Å². The van der Waals surface area contributed by atoms with Crippen LogP contribution < -0.4 is 10.6 Å². The molecule has 3 amide bonds. The second kappa shape index (κ2) is 10.6. The number of piperidine rings is 1. The summed E-state index contributed by atoms with van der Waals surface area (Å²) >= 11 is 0. The fourth-order valence-corrected chi connectivity index (χ4v) is 4.67. The maximum absolute atomic E-state index is 14.0. The molecule has 0 saturated carbocycles. The molecule has 32 heavy (non-hydrogen) atoms. The van der Waals surface area contributed by atoms with Crippen molar-refractivity contribution >= 4 is 17.6 Å². The van der Waals surface area contributed by atoms with Gasteiger partial charge in [-0.2, -0.15) is 0 Å². The van der Waals surface area contributed by atoms with E-state index in [0.717, 1.165) is 25.2 Å². The Morgan fingerprint density at radius 1 is 0.969 bits per heavy atom. The summed E-state index contributed by atoms with van der Waals surface area (Å²) in [7, 11) is 0. The van der Waals surface area contributed by atoms with E-state index in [1.54, 1.807) is 17.0 Å². The number of para-hydroxylation sites is 1. The number of halogens is 1. The van der Waals surface area contributed by atoms with Crippen LogP contribution in [0.25, 0.3) is 0 Å². The van der Waals surface area contributed by atoms with Gasteiger partial charge in [0.05, 0.1) is 11.6 Å². The van der Waals surface area contributed by atoms with Gasteiger partial charge in [0.1, 0.15) is 5.82 Å². The molecular weight excluding hydrogens is 407 g/mol. The first kappa shape index (κ1) is 22.3. The fraction of sp³-hybridized carbons (Fsp3) is 0.440. The largest absolute Gasteiger partial charge is 0.355 e. The average molecular weight is 439 g/mol. The Kier molecular flexibility index (Phi) is 7.37. The molecule has 0 unspecified atom stereocenters. The van der Waals surface area contributed by atoms with Crippen molar-refractivity contribution in [1.82, 2.24) is 15.1 Å². The molecule has 2 aromatic carbocycles. The van der Waals surface area contributed by atoms with Gasteiger partial charge in [-0.05, 0) is 50.0 Å². The first-order valence-electron chi connectivity index (χ1n) is 11.5. The van der Waals surface area contributed by atoms with Crippen LogP contribution in [0.4, 0.5) is 14.9 Å². The minimum absolute atomic E-state index is 0.0199. The normalized spacial score (nSPS) is 21.3. The molecule has 0 radical (unpaired) electrons. The zero-order valence-corrected chi connectivity index (χ0v) is 18.3. The summed E-state index contributed by atoms with van der Waals surface area (Å²) < 4.78 is 14.0. The molecule has 2 atom stereocenters. The summed E-state index contributed by atoms with van der Waals surface area (Å²) in [6.45, 7) is 4.48. The van der Waals surface area contributed by atoms with Crippen molar-refractivity contribution in [3.63, 3.8) is 0 Å². The fourth-order valence-electron chi connectivity index (χ4n) is 4.67. The lowest BCUT2D eigenvalue weighted by molar-refractivity contribution is -0.126. The van der Waals surface area contributed by atoms with E-state index in [4.69, 9.17) is 0 Å². The van der Waals surface area contributed by atoms with E-state index in [9.17, 15) is 14.0 Å². The maximum atomic E-state index is 14.0. The van der Waals surface area contributed by atoms with E-state index < -0.39 is 5.82 Å². The number of rotatable bonds is 6. The standard InChI is InChI=1S/C25H31FN4O2/c26-22-10-4-5-11-23(22)28-25(32)30-17-20(19-8-2-1-3-9-19)16-21(18-30)24(31)27-12-15-29-13-6-7-14-29/h1-5,8-11,20-21H,6-7,12-18H2,(H,27,31)(H,28,32)/t20-,21+/m0/s1. The third kappa shape index (κ3) is 5.65. The molecule has 4 rings (SSSR count). The predicted molar refractivity (Wildman–Crippen MR) is 123 cm³/mol. The number of urea groups is 1. The molecule has 7 heteroatoms. The van der Waals surface area contributed by atoms with Gasteiger partial charge in [-0.25, -0.2) is 9.18 Å². The van der Waals surface area contributed by atoms with Gasteiger partial charge in [-0.15, -0.1) is 0 Å². The third-order valence-corrected chi connectivity index (χ3v) is 6.42. The van der Waals surface area contributed by atoms with Gasteiger partial charge in [0, 0.05) is 32.1 Å². The molecular formula is C25H31FN4O2. The first-order valence-corrected chi connectivity index (χ1v) is 11.5. The van der Waals surface area contributed by atoms with E-state index in [1.165, 1.54) is 25.0 Å². The predicted octanol–water partition coefficient (Wildman–Crippen LogP) is 3.68. The molecule has 0 spiro atoms. The summed E-state index contributed by atoms with van der Waals surface area (Å²) in [5, 5.41) is 5.74. The van der Waals surface area contributed by atoms with Gasteiger partial charge in [-0.1, -0.05) is 42.5 Å². The highest BCUT2D eigenvalue weighted by atomic mass is 19.1. The highest BCUT2D eigenvalue weighted by Gasteiger charge is 2.34. The minimum Gasteiger partial charge on any atom is -0.355 e. The second-order valence-corrected chi connectivity index (χ2v) is 8.69. The van der Waals surface area contributed by atoms with Crippen LogP contribution in [0.3, 0.4) is 0 Å². The van der Waals surface area contributed by atoms with Crippen LogP contribution in [0, 0.1) is 11.7 Å². The molecule has 2 aliphatic rings. The van der Waals surface area contributed by atoms with E-state index in [-0.39, 0.29) is 29.5 Å². The Balaban J connectivity index is 1.43. The van der Waals surface area contributed by atoms with Crippen LogP contribution in [0.1, 0.15) is 30.7 Å². The van der Waals surface area contributed by atoms with Crippen LogP contribution in [0.15, 0.2) is 54.6 Å². The number of amides is 3. The van der Waals surface area contributed by atoms with Crippen molar-refractivity contribution in [2.75, 3.05) is 44.6 Å². The quantitative estimate of drug-likeness (QED) is 0.723. The number of hydrogen-bond acceptors (Lipinski definition) is 3. The molecule has 0 aliphatic carbocycles. The van der Waals surface area contributed by atoms with Gasteiger partial charge in [0.25, 0.3) is 0 Å². The number of carbonyl (C=O) groups is 2. The number of hydrogen-bond donors (Lipinski definition) is 2. The number of benzene rings is 2. The SMILES string of the molecule is O=C(NCCN1CCCC1)[C@@H]1C[C@H](c2ccccc2)CN(C(=O)Nc2ccccc2F)C1. The molecule has 170 valence electrons. The van der Waals surface area contributed by atoms with Crippen molar-refractivity contribution < 1.29 is 14.0 Å².